The van der Waals surface area contributed by atoms with Crippen LogP contribution < -0.4 is 9.64 Å². The normalized spacial score (nSPS) is 18.8. The van der Waals surface area contributed by atoms with Crippen molar-refractivity contribution in [1.29, 1.82) is 0 Å². The van der Waals surface area contributed by atoms with Gasteiger partial charge in [0.1, 0.15) is 18.5 Å². The Labute approximate surface area is 440 Å². The third kappa shape index (κ3) is 16.9. The lowest BCUT2D eigenvalue weighted by atomic mass is 9.96. The molecule has 1 aromatic heterocycles. The van der Waals surface area contributed by atoms with Gasteiger partial charge in [-0.3, -0.25) is 19.4 Å². The van der Waals surface area contributed by atoms with E-state index in [1.807, 2.05) is 72.0 Å². The quantitative estimate of drug-likeness (QED) is 0.0718. The van der Waals surface area contributed by atoms with E-state index in [0.29, 0.717) is 48.6 Å². The number of carbonyl (C=O) groups is 2. The summed E-state index contributed by atoms with van der Waals surface area (Å²) in [4.78, 5) is 35.3. The molecule has 3 fully saturated rings. The number of ether oxygens (including phenoxy) is 4. The van der Waals surface area contributed by atoms with Gasteiger partial charge in [0.15, 0.2) is 0 Å². The second-order valence-corrected chi connectivity index (χ2v) is 19.4. The number of aliphatic carboxylic acids is 1. The molecule has 3 saturated heterocycles. The van der Waals surface area contributed by atoms with Crippen molar-refractivity contribution in [3.63, 3.8) is 0 Å². The molecule has 390 valence electrons. The number of carboxylic acid groups (broad SMARTS) is 1. The van der Waals surface area contributed by atoms with Crippen molar-refractivity contribution in [2.45, 2.75) is 70.9 Å². The van der Waals surface area contributed by atoms with Crippen molar-refractivity contribution in [3.05, 3.63) is 148 Å². The number of nitrogens with zero attached hydrogens (tertiary/aromatic N) is 6. The molecule has 1 unspecified atom stereocenters. The molecule has 2 N–H and O–H groups in total. The van der Waals surface area contributed by atoms with E-state index < -0.39 is 11.8 Å². The molecule has 0 bridgehead atoms. The fourth-order valence-electron chi connectivity index (χ4n) is 9.19. The number of halogens is 3. The number of carboxylic acids is 1. The predicted octanol–water partition coefficient (Wildman–Crippen LogP) is 9.55. The standard InChI is InChI=1S/C26H28Cl2N4O4.C21H27ClN2O2.C8H16O2/c1-19(33)31-10-12-32(13-11-31)21-3-5-22(6-4-21)34-15-23-16-35-26(36-23,17-30-9-8-29-18-30)24-7-2-20(27)14-25(24)28;22-20-8-6-19(7-9-20)21(18-4-2-1-3-5-18)24-12-10-23(11-13-24)14-16-26-17-15-25;1-3-5-7(6-4-2)8(9)10/h2-9,14,18,23H,10-13,15-17H2,1H3;1-9,21,25H,10-17H2;7H,3-6H2,1-2H3,(H,9,10)/t23-,26-;;/m0../s1. The SMILES string of the molecule is CC(=O)N1CCN(c2ccc(OC[C@H]3CO[C@](Cn4ccnc4)(c4ccc(Cl)cc4Cl)O3)cc2)CC1.CCCC(CCC)C(=O)O.OCCOCCN1CCN(C(c2ccccc2)c2ccc(Cl)cc2)CC1. The van der Waals surface area contributed by atoms with E-state index in [2.05, 4.69) is 62.1 Å². The minimum atomic E-state index is -1.08. The fourth-order valence-corrected chi connectivity index (χ4v) is 9.86. The molecule has 5 aromatic rings. The number of aliphatic hydroxyl groups excluding tert-OH is 1. The molecule has 0 radical (unpaired) electrons. The highest BCUT2D eigenvalue weighted by Gasteiger charge is 2.45. The summed E-state index contributed by atoms with van der Waals surface area (Å²) < 4.78 is 26.0. The van der Waals surface area contributed by atoms with Gasteiger partial charge in [0.2, 0.25) is 11.7 Å². The minimum Gasteiger partial charge on any atom is -0.491 e. The third-order valence-electron chi connectivity index (χ3n) is 13.0. The summed E-state index contributed by atoms with van der Waals surface area (Å²) in [6.07, 6.45) is 8.56. The summed E-state index contributed by atoms with van der Waals surface area (Å²) in [5.41, 5.74) is 4.41. The summed E-state index contributed by atoms with van der Waals surface area (Å²) in [5.74, 6) is -0.939. The van der Waals surface area contributed by atoms with E-state index in [4.69, 9.17) is 64.0 Å². The minimum absolute atomic E-state index is 0.0909. The zero-order valence-corrected chi connectivity index (χ0v) is 44.1. The van der Waals surface area contributed by atoms with E-state index in [1.165, 1.54) is 11.1 Å². The molecule has 8 rings (SSSR count). The highest BCUT2D eigenvalue weighted by atomic mass is 35.5. The number of carbonyl (C=O) groups excluding carboxylic acids is 1. The van der Waals surface area contributed by atoms with E-state index in [9.17, 15) is 9.59 Å². The Bertz CT molecular complexity index is 2350. The Morgan fingerprint density at radius 1 is 0.819 bits per heavy atom. The molecule has 17 heteroatoms. The average Bonchev–Trinajstić information content (AvgIpc) is 4.07. The third-order valence-corrected chi connectivity index (χ3v) is 13.8. The highest BCUT2D eigenvalue weighted by Crippen LogP contribution is 2.41. The average molecular weight is 1050 g/mol. The van der Waals surface area contributed by atoms with Crippen molar-refractivity contribution in [2.75, 3.05) is 96.8 Å². The van der Waals surface area contributed by atoms with Gasteiger partial charge in [-0.15, -0.1) is 0 Å². The fraction of sp³-hybridized carbons (Fsp3) is 0.473. The molecule has 0 spiro atoms. The van der Waals surface area contributed by atoms with Gasteiger partial charge in [-0.25, -0.2) is 4.98 Å². The van der Waals surface area contributed by atoms with Gasteiger partial charge in [-0.2, -0.15) is 0 Å². The van der Waals surface area contributed by atoms with Gasteiger partial charge in [0, 0.05) is 99.5 Å². The molecule has 3 aliphatic rings. The molecule has 14 nitrogen and oxygen atoms in total. The number of hydrogen-bond acceptors (Lipinski definition) is 11. The maximum atomic E-state index is 11.6. The van der Waals surface area contributed by atoms with Crippen LogP contribution in [0.25, 0.3) is 0 Å². The number of anilines is 1. The Hall–Kier alpha value is -4.74. The number of hydrogen-bond donors (Lipinski definition) is 2. The molecular weight excluding hydrogens is 979 g/mol. The van der Waals surface area contributed by atoms with Crippen molar-refractivity contribution < 1.29 is 38.7 Å². The van der Waals surface area contributed by atoms with Gasteiger partial charge in [-0.1, -0.05) is 110 Å². The Balaban J connectivity index is 0.000000205. The number of rotatable bonds is 20. The second-order valence-electron chi connectivity index (χ2n) is 18.2. The monoisotopic (exact) mass is 1050 g/mol. The number of aliphatic hydroxyl groups is 1. The molecular formula is C55H71Cl3N6O8. The second kappa shape index (κ2) is 29.2. The molecule has 1 amide bonds. The maximum absolute atomic E-state index is 11.6. The van der Waals surface area contributed by atoms with Crippen LogP contribution in [-0.2, 0) is 36.1 Å². The van der Waals surface area contributed by atoms with Crippen LogP contribution in [-0.4, -0.2) is 144 Å². The van der Waals surface area contributed by atoms with E-state index in [0.717, 1.165) is 101 Å². The lowest BCUT2D eigenvalue weighted by molar-refractivity contribution is -0.189. The van der Waals surface area contributed by atoms with Crippen LogP contribution in [0.5, 0.6) is 5.75 Å². The number of aromatic nitrogens is 2. The molecule has 0 aliphatic carbocycles. The van der Waals surface area contributed by atoms with Crippen LogP contribution in [0.4, 0.5) is 5.69 Å². The zero-order chi connectivity index (χ0) is 51.3. The molecule has 4 heterocycles. The topological polar surface area (TPSA) is 142 Å². The van der Waals surface area contributed by atoms with Crippen LogP contribution in [0.15, 0.2) is 116 Å². The number of amides is 1. The summed E-state index contributed by atoms with van der Waals surface area (Å²) in [7, 11) is 0. The van der Waals surface area contributed by atoms with E-state index in [-0.39, 0.29) is 30.6 Å². The maximum Gasteiger partial charge on any atom is 0.306 e. The number of benzene rings is 4. The first-order valence-corrected chi connectivity index (χ1v) is 26.2. The van der Waals surface area contributed by atoms with E-state index >= 15 is 0 Å². The summed E-state index contributed by atoms with van der Waals surface area (Å²) in [6.45, 7) is 16.0. The number of imidazole rings is 1. The van der Waals surface area contributed by atoms with E-state index in [1.54, 1.807) is 31.6 Å². The Morgan fingerprint density at radius 3 is 2.08 bits per heavy atom. The smallest absolute Gasteiger partial charge is 0.306 e. The van der Waals surface area contributed by atoms with Crippen LogP contribution in [0.2, 0.25) is 15.1 Å². The first-order chi connectivity index (χ1) is 34.9. The largest absolute Gasteiger partial charge is 0.491 e. The first kappa shape index (κ1) is 56.6. The van der Waals surface area contributed by atoms with Crippen LogP contribution >= 0.6 is 34.8 Å². The van der Waals surface area contributed by atoms with Crippen molar-refractivity contribution >= 4 is 52.4 Å². The van der Waals surface area contributed by atoms with Gasteiger partial charge in [0.05, 0.1) is 56.3 Å². The predicted molar refractivity (Wildman–Crippen MR) is 284 cm³/mol. The van der Waals surface area contributed by atoms with Crippen LogP contribution in [0.1, 0.15) is 69.2 Å². The molecule has 3 atom stereocenters. The van der Waals surface area contributed by atoms with Crippen LogP contribution in [0, 0.1) is 5.92 Å². The zero-order valence-electron chi connectivity index (χ0n) is 41.8. The lowest BCUT2D eigenvalue weighted by Gasteiger charge is -2.39. The number of piperazine rings is 2. The summed E-state index contributed by atoms with van der Waals surface area (Å²) in [5, 5.41) is 19.2. The lowest BCUT2D eigenvalue weighted by Crippen LogP contribution is -2.48. The van der Waals surface area contributed by atoms with Crippen molar-refractivity contribution in [3.8, 4) is 5.75 Å². The Morgan fingerprint density at radius 2 is 1.49 bits per heavy atom. The van der Waals surface area contributed by atoms with Gasteiger partial charge >= 0.3 is 5.97 Å². The molecule has 72 heavy (non-hydrogen) atoms. The molecule has 0 saturated carbocycles. The Kier molecular flexibility index (Phi) is 23.0. The van der Waals surface area contributed by atoms with Crippen molar-refractivity contribution in [1.82, 2.24) is 24.3 Å². The van der Waals surface area contributed by atoms with Gasteiger partial charge in [-0.05, 0) is 72.5 Å². The van der Waals surface area contributed by atoms with Crippen molar-refractivity contribution in [2.24, 2.45) is 5.92 Å². The summed E-state index contributed by atoms with van der Waals surface area (Å²) in [6, 6.07) is 32.4. The summed E-state index contributed by atoms with van der Waals surface area (Å²) >= 11 is 18.7. The van der Waals surface area contributed by atoms with Gasteiger partial charge < -0.3 is 43.5 Å². The first-order valence-electron chi connectivity index (χ1n) is 25.1. The highest BCUT2D eigenvalue weighted by molar-refractivity contribution is 6.35. The molecule has 3 aliphatic heterocycles. The van der Waals surface area contributed by atoms with Crippen LogP contribution in [0.3, 0.4) is 0 Å². The van der Waals surface area contributed by atoms with Gasteiger partial charge in [0.25, 0.3) is 0 Å². The molecule has 4 aromatic carbocycles.